The van der Waals surface area contributed by atoms with Crippen LogP contribution in [0.3, 0.4) is 0 Å². The molecule has 0 spiro atoms. The summed E-state index contributed by atoms with van der Waals surface area (Å²) in [6.07, 6.45) is 8.42. The molecule has 0 amide bonds. The summed E-state index contributed by atoms with van der Waals surface area (Å²) in [6, 6.07) is 6.65. The number of carbonyl (C=O) groups is 1. The van der Waals surface area contributed by atoms with Gasteiger partial charge in [0.25, 0.3) is 0 Å². The van der Waals surface area contributed by atoms with E-state index < -0.39 is 0 Å². The lowest BCUT2D eigenvalue weighted by Gasteiger charge is -2.09. The highest BCUT2D eigenvalue weighted by atomic mass is 16.5. The molecule has 0 aromatic heterocycles. The second kappa shape index (κ2) is 9.82. The average Bonchev–Trinajstić information content (AvgIpc) is 2.46. The van der Waals surface area contributed by atoms with Gasteiger partial charge in [0.1, 0.15) is 5.75 Å². The van der Waals surface area contributed by atoms with E-state index in [4.69, 9.17) is 4.74 Å². The average molecular weight is 302 g/mol. The second-order valence-electron chi connectivity index (χ2n) is 5.85. The van der Waals surface area contributed by atoms with E-state index >= 15 is 0 Å². The molecular formula is C19H26O3. The van der Waals surface area contributed by atoms with Crippen LogP contribution in [0.25, 0.3) is 6.08 Å². The molecule has 0 heterocycles. The van der Waals surface area contributed by atoms with E-state index in [9.17, 15) is 9.90 Å². The summed E-state index contributed by atoms with van der Waals surface area (Å²) in [5.74, 6) is 0.427. The molecule has 0 saturated carbocycles. The molecule has 0 aliphatic carbocycles. The standard InChI is InChI=1S/C19H26O3/c1-15(2)5-4-6-16(3)13-14-22-19(21)12-9-17-7-10-18(20)11-8-17/h5,7-12,16,20H,4,6,13-14H2,1-3H3/b12-9+. The van der Waals surface area contributed by atoms with Crippen molar-refractivity contribution in [1.82, 2.24) is 0 Å². The van der Waals surface area contributed by atoms with Gasteiger partial charge in [-0.3, -0.25) is 0 Å². The Morgan fingerprint density at radius 3 is 2.55 bits per heavy atom. The van der Waals surface area contributed by atoms with Gasteiger partial charge in [-0.1, -0.05) is 30.7 Å². The minimum atomic E-state index is -0.329. The molecule has 3 heteroatoms. The molecule has 1 aromatic rings. The van der Waals surface area contributed by atoms with Crippen molar-refractivity contribution in [2.75, 3.05) is 6.61 Å². The van der Waals surface area contributed by atoms with E-state index in [1.165, 1.54) is 11.6 Å². The van der Waals surface area contributed by atoms with E-state index in [-0.39, 0.29) is 11.7 Å². The third-order valence-corrected chi connectivity index (χ3v) is 3.37. The number of esters is 1. The maximum absolute atomic E-state index is 11.6. The topological polar surface area (TPSA) is 46.5 Å². The summed E-state index contributed by atoms with van der Waals surface area (Å²) < 4.78 is 5.20. The van der Waals surface area contributed by atoms with E-state index in [0.717, 1.165) is 24.8 Å². The minimum Gasteiger partial charge on any atom is -0.508 e. The molecule has 0 saturated heterocycles. The van der Waals surface area contributed by atoms with Gasteiger partial charge in [0, 0.05) is 6.08 Å². The number of rotatable bonds is 8. The molecule has 0 aliphatic rings. The van der Waals surface area contributed by atoms with Gasteiger partial charge in [-0.25, -0.2) is 4.79 Å². The van der Waals surface area contributed by atoms with E-state index in [0.29, 0.717) is 12.5 Å². The second-order valence-corrected chi connectivity index (χ2v) is 5.85. The van der Waals surface area contributed by atoms with Gasteiger partial charge < -0.3 is 9.84 Å². The lowest BCUT2D eigenvalue weighted by molar-refractivity contribution is -0.138. The summed E-state index contributed by atoms with van der Waals surface area (Å²) >= 11 is 0. The zero-order valence-corrected chi connectivity index (χ0v) is 13.7. The molecule has 0 bridgehead atoms. The largest absolute Gasteiger partial charge is 0.508 e. The van der Waals surface area contributed by atoms with Crippen molar-refractivity contribution in [2.24, 2.45) is 5.92 Å². The lowest BCUT2D eigenvalue weighted by atomic mass is 10.0. The predicted molar refractivity (Wildman–Crippen MR) is 90.5 cm³/mol. The maximum atomic E-state index is 11.6. The molecule has 0 aliphatic heterocycles. The van der Waals surface area contributed by atoms with Gasteiger partial charge in [-0.05, 0) is 62.8 Å². The van der Waals surface area contributed by atoms with Gasteiger partial charge in [-0.15, -0.1) is 0 Å². The Kier molecular flexibility index (Phi) is 8.05. The van der Waals surface area contributed by atoms with Crippen molar-refractivity contribution in [3.63, 3.8) is 0 Å². The number of benzene rings is 1. The summed E-state index contributed by atoms with van der Waals surface area (Å²) in [5.41, 5.74) is 2.20. The van der Waals surface area contributed by atoms with Crippen molar-refractivity contribution in [3.05, 3.63) is 47.6 Å². The number of hydrogen-bond acceptors (Lipinski definition) is 3. The first-order chi connectivity index (χ1) is 10.5. The Hall–Kier alpha value is -2.03. The molecule has 1 atom stereocenters. The molecule has 1 aromatic carbocycles. The van der Waals surface area contributed by atoms with Crippen LogP contribution in [0.15, 0.2) is 42.0 Å². The van der Waals surface area contributed by atoms with Crippen LogP contribution in [0.5, 0.6) is 5.75 Å². The number of aromatic hydroxyl groups is 1. The fourth-order valence-electron chi connectivity index (χ4n) is 1.96. The maximum Gasteiger partial charge on any atom is 0.330 e. The van der Waals surface area contributed by atoms with Crippen molar-refractivity contribution in [2.45, 2.75) is 40.0 Å². The summed E-state index contributed by atoms with van der Waals surface area (Å²) in [6.45, 7) is 6.84. The number of carbonyl (C=O) groups excluding carboxylic acids is 1. The molecule has 0 radical (unpaired) electrons. The van der Waals surface area contributed by atoms with Crippen molar-refractivity contribution < 1.29 is 14.6 Å². The Morgan fingerprint density at radius 1 is 1.23 bits per heavy atom. The molecule has 120 valence electrons. The number of phenolic OH excluding ortho intramolecular Hbond substituents is 1. The Bertz CT molecular complexity index is 508. The zero-order valence-electron chi connectivity index (χ0n) is 13.7. The molecule has 3 nitrogen and oxygen atoms in total. The monoisotopic (exact) mass is 302 g/mol. The Morgan fingerprint density at radius 2 is 1.91 bits per heavy atom. The molecule has 0 fully saturated rings. The first kappa shape index (κ1) is 18.0. The van der Waals surface area contributed by atoms with Gasteiger partial charge in [0.2, 0.25) is 0 Å². The summed E-state index contributed by atoms with van der Waals surface area (Å²) in [4.78, 5) is 11.6. The molecule has 1 rings (SSSR count). The van der Waals surface area contributed by atoms with Gasteiger partial charge >= 0.3 is 5.97 Å². The lowest BCUT2D eigenvalue weighted by Crippen LogP contribution is -2.06. The zero-order chi connectivity index (χ0) is 16.4. The first-order valence-corrected chi connectivity index (χ1v) is 7.74. The van der Waals surface area contributed by atoms with Crippen LogP contribution >= 0.6 is 0 Å². The third kappa shape index (κ3) is 8.30. The van der Waals surface area contributed by atoms with Gasteiger partial charge in [0.15, 0.2) is 0 Å². The normalized spacial score (nSPS) is 12.1. The SMILES string of the molecule is CC(C)=CCCC(C)CCOC(=O)/C=C/c1ccc(O)cc1. The Labute approximate surface area is 133 Å². The highest BCUT2D eigenvalue weighted by Gasteiger charge is 2.03. The van der Waals surface area contributed by atoms with Crippen molar-refractivity contribution >= 4 is 12.0 Å². The number of ether oxygens (including phenoxy) is 1. The van der Waals surface area contributed by atoms with Gasteiger partial charge in [-0.2, -0.15) is 0 Å². The Balaban J connectivity index is 2.22. The van der Waals surface area contributed by atoms with E-state index in [1.54, 1.807) is 30.3 Å². The molecular weight excluding hydrogens is 276 g/mol. The van der Waals surface area contributed by atoms with Crippen LogP contribution < -0.4 is 0 Å². The third-order valence-electron chi connectivity index (χ3n) is 3.37. The fourth-order valence-corrected chi connectivity index (χ4v) is 1.96. The quantitative estimate of drug-likeness (QED) is 0.429. The molecule has 22 heavy (non-hydrogen) atoms. The van der Waals surface area contributed by atoms with E-state index in [2.05, 4.69) is 26.8 Å². The summed E-state index contributed by atoms with van der Waals surface area (Å²) in [7, 11) is 0. The van der Waals surface area contributed by atoms with Crippen molar-refractivity contribution in [3.8, 4) is 5.75 Å². The summed E-state index contributed by atoms with van der Waals surface area (Å²) in [5, 5.41) is 9.17. The van der Waals surface area contributed by atoms with Crippen LogP contribution in [-0.2, 0) is 9.53 Å². The number of allylic oxidation sites excluding steroid dienone is 2. The van der Waals surface area contributed by atoms with E-state index in [1.807, 2.05) is 0 Å². The number of phenols is 1. The highest BCUT2D eigenvalue weighted by Crippen LogP contribution is 2.13. The highest BCUT2D eigenvalue weighted by molar-refractivity contribution is 5.87. The van der Waals surface area contributed by atoms with Crippen LogP contribution in [0, 0.1) is 5.92 Å². The molecule has 1 unspecified atom stereocenters. The van der Waals surface area contributed by atoms with Crippen LogP contribution in [0.2, 0.25) is 0 Å². The number of hydrogen-bond donors (Lipinski definition) is 1. The first-order valence-electron chi connectivity index (χ1n) is 7.74. The van der Waals surface area contributed by atoms with Crippen LogP contribution in [0.1, 0.15) is 45.6 Å². The van der Waals surface area contributed by atoms with Crippen LogP contribution in [-0.4, -0.2) is 17.7 Å². The van der Waals surface area contributed by atoms with Crippen molar-refractivity contribution in [1.29, 1.82) is 0 Å². The smallest absolute Gasteiger partial charge is 0.330 e. The fraction of sp³-hybridized carbons (Fsp3) is 0.421. The van der Waals surface area contributed by atoms with Gasteiger partial charge in [0.05, 0.1) is 6.61 Å². The predicted octanol–water partition coefficient (Wildman–Crippen LogP) is 4.72. The van der Waals surface area contributed by atoms with Crippen LogP contribution in [0.4, 0.5) is 0 Å². The minimum absolute atomic E-state index is 0.210. The molecule has 1 N–H and O–H groups in total.